The van der Waals surface area contributed by atoms with Gasteiger partial charge in [0.1, 0.15) is 17.2 Å². The molecule has 0 saturated heterocycles. The average Bonchev–Trinajstić information content (AvgIpc) is 2.71. The molecule has 0 saturated carbocycles. The van der Waals surface area contributed by atoms with Gasteiger partial charge in [0.05, 0.1) is 34.0 Å². The van der Waals surface area contributed by atoms with Crippen LogP contribution in [0.15, 0.2) is 36.4 Å². The molecule has 1 atom stereocenters. The molecule has 0 radical (unpaired) electrons. The lowest BCUT2D eigenvalue weighted by Gasteiger charge is -2.33. The van der Waals surface area contributed by atoms with Gasteiger partial charge in [-0.2, -0.15) is 0 Å². The number of hydrogen-bond acceptors (Lipinski definition) is 6. The Hall–Kier alpha value is -2.77. The molecule has 2 aromatic rings. The van der Waals surface area contributed by atoms with Crippen LogP contribution in [0.1, 0.15) is 22.8 Å². The number of methoxy groups -OCH3 is 3. The van der Waals surface area contributed by atoms with Crippen LogP contribution >= 0.6 is 0 Å². The first-order valence-electron chi connectivity index (χ1n) is 9.10. The summed E-state index contributed by atoms with van der Waals surface area (Å²) in [4.78, 5) is 14.3. The number of nitrogens with one attached hydrogen (secondary N) is 1. The van der Waals surface area contributed by atoms with E-state index in [0.717, 1.165) is 22.4 Å². The second-order valence-electron chi connectivity index (χ2n) is 6.64. The number of aliphatic hydroxyl groups is 1. The van der Waals surface area contributed by atoms with Crippen molar-refractivity contribution in [1.29, 1.82) is 0 Å². The van der Waals surface area contributed by atoms with Crippen LogP contribution in [0.3, 0.4) is 0 Å². The zero-order chi connectivity index (χ0) is 20.1. The van der Waals surface area contributed by atoms with Crippen molar-refractivity contribution in [1.82, 2.24) is 10.2 Å². The normalized spacial score (nSPS) is 16.2. The lowest BCUT2D eigenvalue weighted by molar-refractivity contribution is -0.123. The highest BCUT2D eigenvalue weighted by Gasteiger charge is 2.30. The van der Waals surface area contributed by atoms with Crippen LogP contribution in [0.25, 0.3) is 0 Å². The molecule has 0 aromatic heterocycles. The van der Waals surface area contributed by atoms with Gasteiger partial charge in [0, 0.05) is 36.3 Å². The number of aliphatic hydroxyl groups excluding tert-OH is 1. The quantitative estimate of drug-likeness (QED) is 0.756. The van der Waals surface area contributed by atoms with Gasteiger partial charge in [-0.1, -0.05) is 18.2 Å². The Kier molecular flexibility index (Phi) is 6.38. The Morgan fingerprint density at radius 3 is 2.46 bits per heavy atom. The summed E-state index contributed by atoms with van der Waals surface area (Å²) >= 11 is 0. The summed E-state index contributed by atoms with van der Waals surface area (Å²) in [6, 6.07) is 11.2. The van der Waals surface area contributed by atoms with Crippen molar-refractivity contribution in [2.45, 2.75) is 19.2 Å². The number of benzene rings is 2. The molecule has 28 heavy (non-hydrogen) atoms. The van der Waals surface area contributed by atoms with Gasteiger partial charge in [-0.3, -0.25) is 9.69 Å². The Bertz CT molecular complexity index is 840. The van der Waals surface area contributed by atoms with Crippen LogP contribution < -0.4 is 19.5 Å². The molecular formula is C21H26N2O5. The molecule has 1 unspecified atom stereocenters. The van der Waals surface area contributed by atoms with Crippen molar-refractivity contribution < 1.29 is 24.1 Å². The van der Waals surface area contributed by atoms with Gasteiger partial charge < -0.3 is 24.6 Å². The van der Waals surface area contributed by atoms with Crippen molar-refractivity contribution in [2.75, 3.05) is 34.4 Å². The van der Waals surface area contributed by atoms with Crippen molar-refractivity contribution in [3.63, 3.8) is 0 Å². The summed E-state index contributed by atoms with van der Waals surface area (Å²) in [5.41, 5.74) is 2.49. The van der Waals surface area contributed by atoms with E-state index in [2.05, 4.69) is 5.32 Å². The molecule has 0 spiro atoms. The van der Waals surface area contributed by atoms with Crippen molar-refractivity contribution in [3.05, 3.63) is 53.1 Å². The highest BCUT2D eigenvalue weighted by atomic mass is 16.5. The minimum atomic E-state index is -0.754. The lowest BCUT2D eigenvalue weighted by Crippen LogP contribution is -2.41. The summed E-state index contributed by atoms with van der Waals surface area (Å²) in [5.74, 6) is 1.92. The van der Waals surface area contributed by atoms with Crippen LogP contribution in [-0.4, -0.2) is 50.3 Å². The monoisotopic (exact) mass is 386 g/mol. The predicted octanol–water partition coefficient (Wildman–Crippen LogP) is 1.88. The Balaban J connectivity index is 1.67. The number of rotatable bonds is 7. The van der Waals surface area contributed by atoms with Crippen LogP contribution in [0.2, 0.25) is 0 Å². The number of hydrogen-bond donors (Lipinski definition) is 2. The third-order valence-corrected chi connectivity index (χ3v) is 4.90. The van der Waals surface area contributed by atoms with Crippen molar-refractivity contribution in [3.8, 4) is 17.2 Å². The van der Waals surface area contributed by atoms with Gasteiger partial charge in [0.15, 0.2) is 0 Å². The molecule has 1 heterocycles. The number of amides is 1. The summed E-state index contributed by atoms with van der Waals surface area (Å²) in [6.45, 7) is 1.40. The van der Waals surface area contributed by atoms with E-state index in [1.807, 2.05) is 35.2 Å². The van der Waals surface area contributed by atoms with E-state index in [1.165, 1.54) is 0 Å². The van der Waals surface area contributed by atoms with Crippen LogP contribution in [0, 0.1) is 0 Å². The molecule has 3 rings (SSSR count). The highest BCUT2D eigenvalue weighted by Crippen LogP contribution is 2.39. The summed E-state index contributed by atoms with van der Waals surface area (Å²) in [6.07, 6.45) is -0.754. The number of β-amino-alcohol motifs (C(OH)–C–C–N with tert-alkyl or cyclic N) is 1. The molecular weight excluding hydrogens is 360 g/mol. The molecule has 0 bridgehead atoms. The first kappa shape index (κ1) is 20.0. The SMILES string of the molecule is COc1ccccc1CNC(=O)CN1Cc2c(OC)ccc(OC)c2C(O)C1. The minimum Gasteiger partial charge on any atom is -0.496 e. The fourth-order valence-electron chi connectivity index (χ4n) is 3.57. The van der Waals surface area contributed by atoms with Gasteiger partial charge in [0.25, 0.3) is 0 Å². The molecule has 2 N–H and O–H groups in total. The van der Waals surface area contributed by atoms with E-state index in [0.29, 0.717) is 31.1 Å². The topological polar surface area (TPSA) is 80.3 Å². The van der Waals surface area contributed by atoms with E-state index in [-0.39, 0.29) is 12.5 Å². The maximum atomic E-state index is 12.4. The second-order valence-corrected chi connectivity index (χ2v) is 6.64. The number of para-hydroxylation sites is 1. The largest absolute Gasteiger partial charge is 0.496 e. The Morgan fingerprint density at radius 2 is 1.75 bits per heavy atom. The zero-order valence-corrected chi connectivity index (χ0v) is 16.4. The van der Waals surface area contributed by atoms with E-state index in [1.54, 1.807) is 27.4 Å². The maximum Gasteiger partial charge on any atom is 0.234 e. The van der Waals surface area contributed by atoms with Crippen LogP contribution in [-0.2, 0) is 17.9 Å². The number of nitrogens with zero attached hydrogens (tertiary/aromatic N) is 1. The number of carbonyl (C=O) groups is 1. The molecule has 1 amide bonds. The number of fused-ring (bicyclic) bond motifs is 1. The molecule has 7 nitrogen and oxygen atoms in total. The Morgan fingerprint density at radius 1 is 1.07 bits per heavy atom. The van der Waals surface area contributed by atoms with E-state index in [9.17, 15) is 9.90 Å². The van der Waals surface area contributed by atoms with Crippen molar-refractivity contribution >= 4 is 5.91 Å². The van der Waals surface area contributed by atoms with Gasteiger partial charge in [0.2, 0.25) is 5.91 Å². The standard InChI is InChI=1S/C21H26N2O5/c1-26-17-7-5-4-6-14(17)10-22-20(25)13-23-11-15-18(27-2)8-9-19(28-3)21(15)16(24)12-23/h4-9,16,24H,10-13H2,1-3H3,(H,22,25). The minimum absolute atomic E-state index is 0.122. The lowest BCUT2D eigenvalue weighted by atomic mass is 9.95. The van der Waals surface area contributed by atoms with Gasteiger partial charge in [-0.05, 0) is 18.2 Å². The molecule has 1 aliphatic rings. The molecule has 7 heteroatoms. The first-order valence-corrected chi connectivity index (χ1v) is 9.10. The van der Waals surface area contributed by atoms with Crippen LogP contribution in [0.4, 0.5) is 0 Å². The second kappa shape index (κ2) is 8.95. The van der Waals surface area contributed by atoms with Gasteiger partial charge in [-0.25, -0.2) is 0 Å². The third-order valence-electron chi connectivity index (χ3n) is 4.90. The molecule has 150 valence electrons. The van der Waals surface area contributed by atoms with E-state index >= 15 is 0 Å². The predicted molar refractivity (Wildman–Crippen MR) is 105 cm³/mol. The number of carbonyl (C=O) groups excluding carboxylic acids is 1. The number of ether oxygens (including phenoxy) is 3. The van der Waals surface area contributed by atoms with Crippen molar-refractivity contribution in [2.24, 2.45) is 0 Å². The average molecular weight is 386 g/mol. The first-order chi connectivity index (χ1) is 13.6. The van der Waals surface area contributed by atoms with Crippen LogP contribution in [0.5, 0.6) is 17.2 Å². The van der Waals surface area contributed by atoms with E-state index in [4.69, 9.17) is 14.2 Å². The molecule has 0 aliphatic carbocycles. The zero-order valence-electron chi connectivity index (χ0n) is 16.4. The smallest absolute Gasteiger partial charge is 0.234 e. The van der Waals surface area contributed by atoms with Gasteiger partial charge >= 0.3 is 0 Å². The summed E-state index contributed by atoms with van der Waals surface area (Å²) in [5, 5.41) is 13.5. The molecule has 2 aromatic carbocycles. The van der Waals surface area contributed by atoms with Gasteiger partial charge in [-0.15, -0.1) is 0 Å². The third kappa shape index (κ3) is 4.21. The fraction of sp³-hybridized carbons (Fsp3) is 0.381. The van der Waals surface area contributed by atoms with E-state index < -0.39 is 6.10 Å². The highest BCUT2D eigenvalue weighted by molar-refractivity contribution is 5.78. The fourth-order valence-corrected chi connectivity index (χ4v) is 3.57. The maximum absolute atomic E-state index is 12.4. The summed E-state index contributed by atoms with van der Waals surface area (Å²) in [7, 11) is 4.77. The molecule has 0 fully saturated rings. The Labute approximate surface area is 164 Å². The summed E-state index contributed by atoms with van der Waals surface area (Å²) < 4.78 is 16.1. The molecule has 1 aliphatic heterocycles.